The van der Waals surface area contributed by atoms with Crippen molar-refractivity contribution in [2.24, 2.45) is 0 Å². The summed E-state index contributed by atoms with van der Waals surface area (Å²) in [4.78, 5) is 18.7. The maximum Gasteiger partial charge on any atom is 0.338 e. The van der Waals surface area contributed by atoms with Crippen LogP contribution in [-0.4, -0.2) is 25.4 Å². The van der Waals surface area contributed by atoms with Gasteiger partial charge in [-0.2, -0.15) is 0 Å². The molecule has 0 fully saturated rings. The lowest BCUT2D eigenvalue weighted by molar-refractivity contribution is 0.0696. The van der Waals surface area contributed by atoms with Crippen molar-refractivity contribution < 1.29 is 9.90 Å². The Balaban J connectivity index is 2.67. The summed E-state index contributed by atoms with van der Waals surface area (Å²) in [6.07, 6.45) is 5.35. The quantitative estimate of drug-likeness (QED) is 0.768. The molecule has 0 aliphatic heterocycles. The number of hydrogen-bond donors (Lipinski definition) is 1. The van der Waals surface area contributed by atoms with Crippen LogP contribution in [0.5, 0.6) is 0 Å². The predicted molar refractivity (Wildman–Crippen MR) is 49.3 cm³/mol. The van der Waals surface area contributed by atoms with Gasteiger partial charge in [0, 0.05) is 18.1 Å². The summed E-state index contributed by atoms with van der Waals surface area (Å²) in [5.74, 6) is -0.443. The fraction of sp³-hybridized carbons (Fsp3) is 0.222. The van der Waals surface area contributed by atoms with Crippen LogP contribution in [0.4, 0.5) is 0 Å². The highest BCUT2D eigenvalue weighted by Crippen LogP contribution is 2.06. The van der Waals surface area contributed by atoms with Crippen LogP contribution in [0.1, 0.15) is 23.0 Å². The van der Waals surface area contributed by atoms with Crippen molar-refractivity contribution in [1.29, 1.82) is 0 Å². The van der Waals surface area contributed by atoms with E-state index in [1.54, 1.807) is 10.6 Å². The third-order valence-corrected chi connectivity index (χ3v) is 2.05. The minimum absolute atomic E-state index is 0.171. The Bertz CT molecular complexity index is 490. The molecule has 0 atom stereocenters. The molecule has 2 rings (SSSR count). The van der Waals surface area contributed by atoms with Crippen molar-refractivity contribution in [3.05, 3.63) is 29.8 Å². The number of hydrogen-bond acceptors (Lipinski definition) is 3. The van der Waals surface area contributed by atoms with Crippen molar-refractivity contribution in [3.63, 3.8) is 0 Å². The minimum Gasteiger partial charge on any atom is -0.478 e. The van der Waals surface area contributed by atoms with E-state index >= 15 is 0 Å². The van der Waals surface area contributed by atoms with E-state index in [9.17, 15) is 4.79 Å². The molecule has 2 aromatic heterocycles. The molecule has 0 saturated heterocycles. The third kappa shape index (κ3) is 1.22. The lowest BCUT2D eigenvalue weighted by Crippen LogP contribution is -2.02. The summed E-state index contributed by atoms with van der Waals surface area (Å²) in [6.45, 7) is 1.98. The van der Waals surface area contributed by atoms with Crippen LogP contribution in [-0.2, 0) is 6.42 Å². The van der Waals surface area contributed by atoms with Crippen molar-refractivity contribution in [1.82, 2.24) is 14.4 Å². The first-order valence-electron chi connectivity index (χ1n) is 4.27. The summed E-state index contributed by atoms with van der Waals surface area (Å²) in [5, 5.41) is 8.77. The summed E-state index contributed by atoms with van der Waals surface area (Å²) in [6, 6.07) is 0. The molecule has 5 heteroatoms. The van der Waals surface area contributed by atoms with E-state index in [1.807, 2.05) is 6.92 Å². The van der Waals surface area contributed by atoms with Gasteiger partial charge in [-0.05, 0) is 6.42 Å². The maximum atomic E-state index is 10.7. The molecule has 0 aliphatic carbocycles. The molecule has 1 N–H and O–H groups in total. The summed E-state index contributed by atoms with van der Waals surface area (Å²) >= 11 is 0. The smallest absolute Gasteiger partial charge is 0.338 e. The molecule has 0 aliphatic rings. The SMILES string of the molecule is CCc1cnc2ncc(C(=O)O)cn12. The number of imidazole rings is 1. The number of fused-ring (bicyclic) bond motifs is 1. The number of carboxylic acids is 1. The Morgan fingerprint density at radius 2 is 2.21 bits per heavy atom. The lowest BCUT2D eigenvalue weighted by Gasteiger charge is -1.98. The number of aromatic nitrogens is 3. The Morgan fingerprint density at radius 3 is 2.86 bits per heavy atom. The second kappa shape index (κ2) is 3.10. The summed E-state index contributed by atoms with van der Waals surface area (Å²) < 4.78 is 1.70. The highest BCUT2D eigenvalue weighted by Gasteiger charge is 2.07. The van der Waals surface area contributed by atoms with Crippen LogP contribution in [0.25, 0.3) is 5.78 Å². The van der Waals surface area contributed by atoms with Gasteiger partial charge < -0.3 is 5.11 Å². The fourth-order valence-electron chi connectivity index (χ4n) is 1.29. The van der Waals surface area contributed by atoms with E-state index in [4.69, 9.17) is 5.11 Å². The highest BCUT2D eigenvalue weighted by atomic mass is 16.4. The van der Waals surface area contributed by atoms with Crippen molar-refractivity contribution in [2.75, 3.05) is 0 Å². The van der Waals surface area contributed by atoms with E-state index < -0.39 is 5.97 Å². The van der Waals surface area contributed by atoms with Crippen molar-refractivity contribution in [2.45, 2.75) is 13.3 Å². The molecule has 0 spiro atoms. The molecule has 0 radical (unpaired) electrons. The Kier molecular flexibility index (Phi) is 1.92. The number of aromatic carboxylic acids is 1. The van der Waals surface area contributed by atoms with Gasteiger partial charge in [0.15, 0.2) is 0 Å². The van der Waals surface area contributed by atoms with Crippen molar-refractivity contribution >= 4 is 11.7 Å². The molecule has 2 aromatic rings. The average molecular weight is 191 g/mol. The van der Waals surface area contributed by atoms with E-state index in [1.165, 1.54) is 12.4 Å². The van der Waals surface area contributed by atoms with Gasteiger partial charge >= 0.3 is 5.97 Å². The van der Waals surface area contributed by atoms with Crippen LogP contribution in [0.15, 0.2) is 18.6 Å². The van der Waals surface area contributed by atoms with Gasteiger partial charge in [-0.25, -0.2) is 14.8 Å². The molecule has 0 unspecified atom stereocenters. The summed E-state index contributed by atoms with van der Waals surface area (Å²) in [7, 11) is 0. The van der Waals surface area contributed by atoms with Gasteiger partial charge in [-0.1, -0.05) is 6.92 Å². The average Bonchev–Trinajstić information content (AvgIpc) is 2.59. The van der Waals surface area contributed by atoms with E-state index in [2.05, 4.69) is 9.97 Å². The molecular formula is C9H9N3O2. The topological polar surface area (TPSA) is 67.5 Å². The van der Waals surface area contributed by atoms with Gasteiger partial charge in [0.2, 0.25) is 5.78 Å². The van der Waals surface area contributed by atoms with Gasteiger partial charge in [0.25, 0.3) is 0 Å². The number of aryl methyl sites for hydroxylation is 1. The second-order valence-corrected chi connectivity index (χ2v) is 2.92. The first-order chi connectivity index (χ1) is 6.72. The summed E-state index contributed by atoms with van der Waals surface area (Å²) in [5.41, 5.74) is 1.13. The van der Waals surface area contributed by atoms with Gasteiger partial charge in [-0.3, -0.25) is 4.40 Å². The molecular weight excluding hydrogens is 182 g/mol. The van der Waals surface area contributed by atoms with Crippen LogP contribution >= 0.6 is 0 Å². The molecule has 2 heterocycles. The Morgan fingerprint density at radius 1 is 1.50 bits per heavy atom. The first kappa shape index (κ1) is 8.68. The zero-order valence-corrected chi connectivity index (χ0v) is 7.64. The zero-order valence-electron chi connectivity index (χ0n) is 7.64. The molecule has 0 bridgehead atoms. The fourth-order valence-corrected chi connectivity index (χ4v) is 1.29. The highest BCUT2D eigenvalue weighted by molar-refractivity contribution is 5.87. The van der Waals surface area contributed by atoms with Gasteiger partial charge in [-0.15, -0.1) is 0 Å². The number of carboxylic acid groups (broad SMARTS) is 1. The molecule has 72 valence electrons. The number of carbonyl (C=O) groups is 1. The predicted octanol–water partition coefficient (Wildman–Crippen LogP) is 0.990. The van der Waals surface area contributed by atoms with E-state index in [0.717, 1.165) is 12.1 Å². The normalized spacial score (nSPS) is 10.6. The largest absolute Gasteiger partial charge is 0.478 e. The minimum atomic E-state index is -0.977. The molecule has 5 nitrogen and oxygen atoms in total. The Hall–Kier alpha value is -1.91. The first-order valence-corrected chi connectivity index (χ1v) is 4.27. The molecule has 0 saturated carbocycles. The van der Waals surface area contributed by atoms with Gasteiger partial charge in [0.05, 0.1) is 11.8 Å². The van der Waals surface area contributed by atoms with E-state index in [-0.39, 0.29) is 5.56 Å². The monoisotopic (exact) mass is 191 g/mol. The van der Waals surface area contributed by atoms with Crippen LogP contribution in [0, 0.1) is 0 Å². The lowest BCUT2D eigenvalue weighted by atomic mass is 10.3. The third-order valence-electron chi connectivity index (χ3n) is 2.05. The molecule has 0 aromatic carbocycles. The molecule has 0 amide bonds. The van der Waals surface area contributed by atoms with Crippen LogP contribution in [0.3, 0.4) is 0 Å². The van der Waals surface area contributed by atoms with Crippen LogP contribution in [0.2, 0.25) is 0 Å². The number of nitrogens with zero attached hydrogens (tertiary/aromatic N) is 3. The maximum absolute atomic E-state index is 10.7. The standard InChI is InChI=1S/C9H9N3O2/c1-2-7-4-11-9-10-3-6(8(13)14)5-12(7)9/h3-5H,2H2,1H3,(H,13,14). The van der Waals surface area contributed by atoms with E-state index in [0.29, 0.717) is 5.78 Å². The van der Waals surface area contributed by atoms with Crippen LogP contribution < -0.4 is 0 Å². The Labute approximate surface area is 80.0 Å². The molecule has 14 heavy (non-hydrogen) atoms. The van der Waals surface area contributed by atoms with Crippen molar-refractivity contribution in [3.8, 4) is 0 Å². The second-order valence-electron chi connectivity index (χ2n) is 2.92. The zero-order chi connectivity index (χ0) is 10.1. The van der Waals surface area contributed by atoms with Gasteiger partial charge in [0.1, 0.15) is 0 Å². The number of rotatable bonds is 2.